The smallest absolute Gasteiger partial charge is 0.320 e. The standard InChI is InChI=1S/C31H50N4O3.ClH/c1-3-4-15-35(24-26-13-16-33(17-14-26)31(37)34-18-20-38-21-19-34)25(2)22-27-9-8-12-29(23-27)32-30(36)28-10-6-5-7-11-28;/h8-9,12,23,25-26,28H,3-7,10-11,13-22,24H2,1-2H3,(H,32,36);1H. The number of carbonyl (C=O) groups excluding carboxylic acids is 2. The van der Waals surface area contributed by atoms with Crippen LogP contribution in [0.2, 0.25) is 0 Å². The van der Waals surface area contributed by atoms with Crippen LogP contribution >= 0.6 is 12.4 Å². The minimum Gasteiger partial charge on any atom is -0.378 e. The van der Waals surface area contributed by atoms with Gasteiger partial charge in [-0.2, -0.15) is 0 Å². The zero-order valence-corrected chi connectivity index (χ0v) is 25.1. The van der Waals surface area contributed by atoms with Gasteiger partial charge in [-0.3, -0.25) is 4.79 Å². The Bertz CT molecular complexity index is 880. The van der Waals surface area contributed by atoms with Crippen LogP contribution < -0.4 is 5.32 Å². The van der Waals surface area contributed by atoms with E-state index in [4.69, 9.17) is 4.74 Å². The van der Waals surface area contributed by atoms with Crippen molar-refractivity contribution in [3.8, 4) is 0 Å². The van der Waals surface area contributed by atoms with E-state index in [0.717, 1.165) is 64.0 Å². The van der Waals surface area contributed by atoms with Gasteiger partial charge in [0, 0.05) is 50.4 Å². The first-order valence-electron chi connectivity index (χ1n) is 15.3. The quantitative estimate of drug-likeness (QED) is 0.390. The number of amides is 3. The van der Waals surface area contributed by atoms with Crippen LogP contribution in [0.15, 0.2) is 24.3 Å². The maximum atomic E-state index is 12.9. The molecule has 1 aromatic rings. The number of nitrogens with one attached hydrogen (secondary N) is 1. The Labute approximate surface area is 242 Å². The number of unbranched alkanes of at least 4 members (excludes halogenated alkanes) is 1. The number of carbonyl (C=O) groups is 2. The van der Waals surface area contributed by atoms with Crippen molar-refractivity contribution in [1.82, 2.24) is 14.7 Å². The number of nitrogens with zero attached hydrogens (tertiary/aromatic N) is 3. The highest BCUT2D eigenvalue weighted by Crippen LogP contribution is 2.26. The van der Waals surface area contributed by atoms with E-state index in [1.165, 1.54) is 37.7 Å². The van der Waals surface area contributed by atoms with Crippen molar-refractivity contribution in [2.75, 3.05) is 57.8 Å². The molecule has 3 fully saturated rings. The molecule has 2 aliphatic heterocycles. The van der Waals surface area contributed by atoms with Crippen LogP contribution in [0.5, 0.6) is 0 Å². The molecule has 2 heterocycles. The third-order valence-corrected chi connectivity index (χ3v) is 8.78. The molecule has 0 bridgehead atoms. The molecule has 4 rings (SSSR count). The number of ether oxygens (including phenoxy) is 1. The first-order valence-corrected chi connectivity index (χ1v) is 15.3. The molecular weight excluding hydrogens is 512 g/mol. The lowest BCUT2D eigenvalue weighted by Crippen LogP contribution is -2.51. The van der Waals surface area contributed by atoms with Gasteiger partial charge >= 0.3 is 6.03 Å². The Morgan fingerprint density at radius 1 is 1.03 bits per heavy atom. The van der Waals surface area contributed by atoms with Gasteiger partial charge in [0.05, 0.1) is 13.2 Å². The van der Waals surface area contributed by atoms with Crippen molar-refractivity contribution >= 4 is 30.0 Å². The maximum absolute atomic E-state index is 12.9. The summed E-state index contributed by atoms with van der Waals surface area (Å²) in [5.74, 6) is 0.994. The number of benzene rings is 1. The predicted octanol–water partition coefficient (Wildman–Crippen LogP) is 5.82. The third kappa shape index (κ3) is 9.65. The van der Waals surface area contributed by atoms with Crippen molar-refractivity contribution in [2.24, 2.45) is 11.8 Å². The van der Waals surface area contributed by atoms with Gasteiger partial charge in [-0.25, -0.2) is 4.79 Å². The summed E-state index contributed by atoms with van der Waals surface area (Å²) < 4.78 is 5.41. The van der Waals surface area contributed by atoms with Gasteiger partial charge in [0.2, 0.25) is 5.91 Å². The topological polar surface area (TPSA) is 65.1 Å². The highest BCUT2D eigenvalue weighted by Gasteiger charge is 2.29. The van der Waals surface area contributed by atoms with E-state index in [1.54, 1.807) is 0 Å². The monoisotopic (exact) mass is 562 g/mol. The first kappa shape index (κ1) is 31.7. The fourth-order valence-electron chi connectivity index (χ4n) is 6.30. The summed E-state index contributed by atoms with van der Waals surface area (Å²) >= 11 is 0. The molecule has 8 heteroatoms. The van der Waals surface area contributed by atoms with E-state index < -0.39 is 0 Å². The number of rotatable bonds is 10. The lowest BCUT2D eigenvalue weighted by molar-refractivity contribution is -0.120. The summed E-state index contributed by atoms with van der Waals surface area (Å²) in [7, 11) is 0. The molecule has 220 valence electrons. The minimum atomic E-state index is 0. The van der Waals surface area contributed by atoms with Crippen molar-refractivity contribution in [3.05, 3.63) is 29.8 Å². The number of urea groups is 1. The molecule has 1 N–H and O–H groups in total. The summed E-state index contributed by atoms with van der Waals surface area (Å²) in [6, 6.07) is 9.09. The fraction of sp³-hybridized carbons (Fsp3) is 0.742. The second-order valence-electron chi connectivity index (χ2n) is 11.7. The van der Waals surface area contributed by atoms with Crippen LogP contribution in [0.25, 0.3) is 0 Å². The van der Waals surface area contributed by atoms with E-state index in [1.807, 2.05) is 11.0 Å². The van der Waals surface area contributed by atoms with Crippen LogP contribution in [0, 0.1) is 11.8 Å². The van der Waals surface area contributed by atoms with Crippen molar-refractivity contribution < 1.29 is 14.3 Å². The first-order chi connectivity index (χ1) is 18.5. The number of likely N-dealkylation sites (tertiary alicyclic amines) is 1. The highest BCUT2D eigenvalue weighted by molar-refractivity contribution is 5.92. The third-order valence-electron chi connectivity index (χ3n) is 8.78. The van der Waals surface area contributed by atoms with E-state index in [9.17, 15) is 9.59 Å². The second kappa shape index (κ2) is 16.4. The molecule has 0 aromatic heterocycles. The summed E-state index contributed by atoms with van der Waals surface area (Å²) in [5.41, 5.74) is 2.22. The van der Waals surface area contributed by atoms with Crippen molar-refractivity contribution in [2.45, 2.75) is 84.1 Å². The van der Waals surface area contributed by atoms with Gasteiger partial charge in [0.1, 0.15) is 0 Å². The zero-order chi connectivity index (χ0) is 26.7. The van der Waals surface area contributed by atoms with E-state index in [-0.39, 0.29) is 30.3 Å². The van der Waals surface area contributed by atoms with Crippen LogP contribution in [-0.2, 0) is 16.0 Å². The van der Waals surface area contributed by atoms with Crippen LogP contribution in [0.1, 0.15) is 77.2 Å². The van der Waals surface area contributed by atoms with Gasteiger partial charge in [-0.1, -0.05) is 44.7 Å². The number of hydrogen-bond donors (Lipinski definition) is 1. The lowest BCUT2D eigenvalue weighted by Gasteiger charge is -2.39. The van der Waals surface area contributed by atoms with Gasteiger partial charge in [0.25, 0.3) is 0 Å². The maximum Gasteiger partial charge on any atom is 0.320 e. The van der Waals surface area contributed by atoms with Gasteiger partial charge in [0.15, 0.2) is 0 Å². The molecule has 39 heavy (non-hydrogen) atoms. The molecular formula is C31H51ClN4O3. The Kier molecular flexibility index (Phi) is 13.4. The van der Waals surface area contributed by atoms with Gasteiger partial charge < -0.3 is 24.8 Å². The van der Waals surface area contributed by atoms with Gasteiger partial charge in [-0.05, 0) is 75.6 Å². The minimum absolute atomic E-state index is 0. The molecule has 1 aliphatic carbocycles. The van der Waals surface area contributed by atoms with Crippen LogP contribution in [0.3, 0.4) is 0 Å². The van der Waals surface area contributed by atoms with Crippen LogP contribution in [0.4, 0.5) is 10.5 Å². The molecule has 2 saturated heterocycles. The Morgan fingerprint density at radius 3 is 2.41 bits per heavy atom. The number of anilines is 1. The molecule has 1 saturated carbocycles. The number of hydrogen-bond acceptors (Lipinski definition) is 4. The Morgan fingerprint density at radius 2 is 1.72 bits per heavy atom. The number of halogens is 1. The molecule has 7 nitrogen and oxygen atoms in total. The molecule has 0 radical (unpaired) electrons. The molecule has 3 aliphatic rings. The SMILES string of the molecule is CCCCN(CC1CCN(C(=O)N2CCOCC2)CC1)C(C)Cc1cccc(NC(=O)C2CCCCC2)c1.Cl. The largest absolute Gasteiger partial charge is 0.378 e. The Hall–Kier alpha value is -1.83. The van der Waals surface area contributed by atoms with Crippen molar-refractivity contribution in [1.29, 1.82) is 0 Å². The highest BCUT2D eigenvalue weighted by atomic mass is 35.5. The summed E-state index contributed by atoms with van der Waals surface area (Å²) in [5, 5.41) is 3.20. The average molecular weight is 563 g/mol. The summed E-state index contributed by atoms with van der Waals surface area (Å²) in [6.45, 7) is 11.3. The molecule has 1 atom stereocenters. The van der Waals surface area contributed by atoms with Crippen molar-refractivity contribution in [3.63, 3.8) is 0 Å². The average Bonchev–Trinajstić information content (AvgIpc) is 2.96. The molecule has 1 aromatic carbocycles. The number of morpholine rings is 1. The molecule has 0 spiro atoms. The van der Waals surface area contributed by atoms with E-state index >= 15 is 0 Å². The van der Waals surface area contributed by atoms with E-state index in [2.05, 4.69) is 47.2 Å². The predicted molar refractivity (Wildman–Crippen MR) is 161 cm³/mol. The molecule has 3 amide bonds. The molecule has 1 unspecified atom stereocenters. The zero-order valence-electron chi connectivity index (χ0n) is 24.2. The normalized spacial score (nSPS) is 20.0. The van der Waals surface area contributed by atoms with Crippen LogP contribution in [-0.4, -0.2) is 85.2 Å². The summed E-state index contributed by atoms with van der Waals surface area (Å²) in [4.78, 5) is 32.3. The second-order valence-corrected chi connectivity index (χ2v) is 11.7. The number of piperidine rings is 1. The van der Waals surface area contributed by atoms with E-state index in [0.29, 0.717) is 38.3 Å². The van der Waals surface area contributed by atoms with Gasteiger partial charge in [-0.15, -0.1) is 12.4 Å². The summed E-state index contributed by atoms with van der Waals surface area (Å²) in [6.07, 6.45) is 11.2. The lowest BCUT2D eigenvalue weighted by atomic mass is 9.88. The fourth-order valence-corrected chi connectivity index (χ4v) is 6.30. The Balaban J connectivity index is 0.00000420.